The van der Waals surface area contributed by atoms with Crippen LogP contribution in [0.1, 0.15) is 39.3 Å². The van der Waals surface area contributed by atoms with Gasteiger partial charge in [0.25, 0.3) is 0 Å². The average Bonchev–Trinajstić information content (AvgIpc) is 2.41. The Balaban J connectivity index is 2.46. The molecule has 1 unspecified atom stereocenters. The van der Waals surface area contributed by atoms with Crippen molar-refractivity contribution in [1.29, 1.82) is 0 Å². The van der Waals surface area contributed by atoms with Crippen molar-refractivity contribution in [2.24, 2.45) is 4.99 Å². The third kappa shape index (κ3) is 6.96. The van der Waals surface area contributed by atoms with Crippen LogP contribution in [-0.4, -0.2) is 31.6 Å². The van der Waals surface area contributed by atoms with E-state index in [1.165, 1.54) is 5.56 Å². The molecular formula is C16H27BrN4. The van der Waals surface area contributed by atoms with Gasteiger partial charge in [-0.2, -0.15) is 0 Å². The van der Waals surface area contributed by atoms with Crippen LogP contribution in [0.4, 0.5) is 0 Å². The molecule has 0 aromatic heterocycles. The number of benzene rings is 1. The van der Waals surface area contributed by atoms with Crippen LogP contribution in [0.5, 0.6) is 0 Å². The number of aliphatic imine (C=N–C) groups is 1. The standard InChI is InChI=1S/C16H27BrN4/c1-12(13-8-6-7-9-14(13)17)21-15(18-5)19-10-11-20-16(2,3)4/h6-9,12,20H,10-11H2,1-5H3,(H2,18,19,21). The Morgan fingerprint density at radius 2 is 1.90 bits per heavy atom. The molecule has 0 amide bonds. The first-order chi connectivity index (χ1) is 9.83. The molecule has 0 saturated carbocycles. The van der Waals surface area contributed by atoms with Gasteiger partial charge in [0, 0.05) is 30.1 Å². The van der Waals surface area contributed by atoms with E-state index in [0.717, 1.165) is 23.5 Å². The highest BCUT2D eigenvalue weighted by Crippen LogP contribution is 2.22. The molecule has 1 aromatic rings. The number of nitrogens with zero attached hydrogens (tertiary/aromatic N) is 1. The highest BCUT2D eigenvalue weighted by Gasteiger charge is 2.11. The molecule has 1 atom stereocenters. The second-order valence-corrected chi connectivity index (χ2v) is 6.92. The van der Waals surface area contributed by atoms with Crippen molar-refractivity contribution in [2.45, 2.75) is 39.3 Å². The highest BCUT2D eigenvalue weighted by atomic mass is 79.9. The van der Waals surface area contributed by atoms with Gasteiger partial charge in [0.2, 0.25) is 0 Å². The molecule has 0 spiro atoms. The maximum absolute atomic E-state index is 4.27. The van der Waals surface area contributed by atoms with Crippen molar-refractivity contribution in [1.82, 2.24) is 16.0 Å². The van der Waals surface area contributed by atoms with E-state index in [0.29, 0.717) is 0 Å². The Labute approximate surface area is 136 Å². The molecule has 0 bridgehead atoms. The average molecular weight is 355 g/mol. The summed E-state index contributed by atoms with van der Waals surface area (Å²) in [5.41, 5.74) is 1.36. The van der Waals surface area contributed by atoms with Gasteiger partial charge in [-0.3, -0.25) is 4.99 Å². The summed E-state index contributed by atoms with van der Waals surface area (Å²) in [5.74, 6) is 0.814. The van der Waals surface area contributed by atoms with E-state index in [-0.39, 0.29) is 11.6 Å². The predicted molar refractivity (Wildman–Crippen MR) is 94.8 cm³/mol. The molecule has 1 aromatic carbocycles. The van der Waals surface area contributed by atoms with Crippen LogP contribution < -0.4 is 16.0 Å². The topological polar surface area (TPSA) is 48.5 Å². The molecule has 0 aliphatic rings. The highest BCUT2D eigenvalue weighted by molar-refractivity contribution is 9.10. The smallest absolute Gasteiger partial charge is 0.191 e. The van der Waals surface area contributed by atoms with Gasteiger partial charge in [-0.05, 0) is 39.3 Å². The Hall–Kier alpha value is -1.07. The lowest BCUT2D eigenvalue weighted by molar-refractivity contribution is 0.428. The molecule has 0 radical (unpaired) electrons. The fraction of sp³-hybridized carbons (Fsp3) is 0.562. The van der Waals surface area contributed by atoms with Crippen molar-refractivity contribution in [3.63, 3.8) is 0 Å². The van der Waals surface area contributed by atoms with E-state index in [4.69, 9.17) is 0 Å². The van der Waals surface area contributed by atoms with Crippen LogP contribution in [0.25, 0.3) is 0 Å². The number of nitrogens with one attached hydrogen (secondary N) is 3. The normalized spacial score (nSPS) is 13.9. The van der Waals surface area contributed by atoms with Crippen molar-refractivity contribution in [3.05, 3.63) is 34.3 Å². The van der Waals surface area contributed by atoms with E-state index >= 15 is 0 Å². The van der Waals surface area contributed by atoms with Gasteiger partial charge in [-0.15, -0.1) is 0 Å². The summed E-state index contributed by atoms with van der Waals surface area (Å²) < 4.78 is 1.11. The van der Waals surface area contributed by atoms with Gasteiger partial charge in [0.1, 0.15) is 0 Å². The Morgan fingerprint density at radius 3 is 2.48 bits per heavy atom. The molecule has 0 saturated heterocycles. The lowest BCUT2D eigenvalue weighted by Gasteiger charge is -2.22. The van der Waals surface area contributed by atoms with Crippen LogP contribution in [0.2, 0.25) is 0 Å². The fourth-order valence-electron chi connectivity index (χ4n) is 1.92. The van der Waals surface area contributed by atoms with E-state index in [9.17, 15) is 0 Å². The maximum atomic E-state index is 4.27. The van der Waals surface area contributed by atoms with Gasteiger partial charge in [0.05, 0.1) is 6.04 Å². The summed E-state index contributed by atoms with van der Waals surface area (Å²) in [6.45, 7) is 10.3. The van der Waals surface area contributed by atoms with E-state index < -0.39 is 0 Å². The Morgan fingerprint density at radius 1 is 1.24 bits per heavy atom. The first-order valence-corrected chi connectivity index (χ1v) is 8.09. The molecule has 4 nitrogen and oxygen atoms in total. The zero-order valence-electron chi connectivity index (χ0n) is 13.6. The quantitative estimate of drug-likeness (QED) is 0.432. The molecule has 3 N–H and O–H groups in total. The van der Waals surface area contributed by atoms with Gasteiger partial charge in [-0.1, -0.05) is 34.1 Å². The van der Waals surface area contributed by atoms with Crippen molar-refractivity contribution in [3.8, 4) is 0 Å². The summed E-state index contributed by atoms with van der Waals surface area (Å²) in [7, 11) is 1.79. The van der Waals surface area contributed by atoms with Gasteiger partial charge >= 0.3 is 0 Å². The van der Waals surface area contributed by atoms with Crippen molar-refractivity contribution < 1.29 is 0 Å². The number of hydrogen-bond acceptors (Lipinski definition) is 2. The van der Waals surface area contributed by atoms with Crippen molar-refractivity contribution >= 4 is 21.9 Å². The second kappa shape index (κ2) is 8.39. The molecule has 0 heterocycles. The van der Waals surface area contributed by atoms with Gasteiger partial charge in [-0.25, -0.2) is 0 Å². The lowest BCUT2D eigenvalue weighted by atomic mass is 10.1. The third-order valence-electron chi connectivity index (χ3n) is 3.02. The predicted octanol–water partition coefficient (Wildman–Crippen LogP) is 3.06. The van der Waals surface area contributed by atoms with Crippen LogP contribution in [0, 0.1) is 0 Å². The minimum atomic E-state index is 0.140. The third-order valence-corrected chi connectivity index (χ3v) is 3.74. The Kier molecular flexibility index (Phi) is 7.18. The first kappa shape index (κ1) is 18.0. The fourth-order valence-corrected chi connectivity index (χ4v) is 2.55. The molecule has 1 rings (SSSR count). The number of guanidine groups is 1. The van der Waals surface area contributed by atoms with Crippen molar-refractivity contribution in [2.75, 3.05) is 20.1 Å². The van der Waals surface area contributed by atoms with E-state index in [2.05, 4.69) is 76.7 Å². The van der Waals surface area contributed by atoms with Crippen LogP contribution in [0.3, 0.4) is 0 Å². The van der Waals surface area contributed by atoms with Gasteiger partial charge in [0.15, 0.2) is 5.96 Å². The zero-order valence-corrected chi connectivity index (χ0v) is 15.2. The molecule has 0 fully saturated rings. The number of halogens is 1. The summed E-state index contributed by atoms with van der Waals surface area (Å²) in [6, 6.07) is 8.41. The maximum Gasteiger partial charge on any atom is 0.191 e. The summed E-state index contributed by atoms with van der Waals surface area (Å²) in [4.78, 5) is 4.27. The summed E-state index contributed by atoms with van der Waals surface area (Å²) in [6.07, 6.45) is 0. The first-order valence-electron chi connectivity index (χ1n) is 7.30. The van der Waals surface area contributed by atoms with Crippen LogP contribution >= 0.6 is 15.9 Å². The number of hydrogen-bond donors (Lipinski definition) is 3. The Bertz CT molecular complexity index is 466. The molecule has 0 aliphatic carbocycles. The largest absolute Gasteiger partial charge is 0.355 e. The molecule has 5 heteroatoms. The van der Waals surface area contributed by atoms with Crippen LogP contribution in [-0.2, 0) is 0 Å². The van der Waals surface area contributed by atoms with Crippen LogP contribution in [0.15, 0.2) is 33.7 Å². The SMILES string of the molecule is CN=C(NCCNC(C)(C)C)NC(C)c1ccccc1Br. The minimum Gasteiger partial charge on any atom is -0.355 e. The van der Waals surface area contributed by atoms with E-state index in [1.807, 2.05) is 12.1 Å². The summed E-state index contributed by atoms with van der Waals surface area (Å²) >= 11 is 3.58. The lowest BCUT2D eigenvalue weighted by Crippen LogP contribution is -2.45. The molecule has 0 aliphatic heterocycles. The molecule has 21 heavy (non-hydrogen) atoms. The minimum absolute atomic E-state index is 0.140. The number of rotatable bonds is 5. The van der Waals surface area contributed by atoms with E-state index in [1.54, 1.807) is 7.05 Å². The van der Waals surface area contributed by atoms with Gasteiger partial charge < -0.3 is 16.0 Å². The zero-order chi connectivity index (χ0) is 15.9. The molecular weight excluding hydrogens is 328 g/mol. The molecule has 118 valence electrons. The second-order valence-electron chi connectivity index (χ2n) is 6.06. The summed E-state index contributed by atoms with van der Waals surface area (Å²) in [5, 5.41) is 10.2. The monoisotopic (exact) mass is 354 g/mol.